The number of primary sulfonamides is 1. The van der Waals surface area contributed by atoms with E-state index in [-0.39, 0.29) is 27.5 Å². The van der Waals surface area contributed by atoms with Gasteiger partial charge >= 0.3 is 0 Å². The van der Waals surface area contributed by atoms with Gasteiger partial charge in [-0.1, -0.05) is 6.07 Å². The number of thiocarbonyl (C=S) groups is 1. The van der Waals surface area contributed by atoms with E-state index in [0.29, 0.717) is 5.69 Å². The summed E-state index contributed by atoms with van der Waals surface area (Å²) in [6.07, 6.45) is 0. The van der Waals surface area contributed by atoms with Crippen molar-refractivity contribution in [1.82, 2.24) is 14.8 Å². The fraction of sp³-hybridized carbons (Fsp3) is 0. The molecule has 0 saturated carbocycles. The molecule has 1 heterocycles. The van der Waals surface area contributed by atoms with E-state index < -0.39 is 44.5 Å². The lowest BCUT2D eigenvalue weighted by Gasteiger charge is -2.15. The Hall–Kier alpha value is -4.08. The van der Waals surface area contributed by atoms with E-state index in [4.69, 9.17) is 23.1 Å². The van der Waals surface area contributed by atoms with Crippen LogP contribution in [0.4, 0.5) is 40.8 Å². The zero-order chi connectivity index (χ0) is 26.2. The Kier molecular flexibility index (Phi) is 6.62. The van der Waals surface area contributed by atoms with Crippen LogP contribution < -0.4 is 21.5 Å². The maximum atomic E-state index is 14.7. The molecule has 0 amide bonds. The van der Waals surface area contributed by atoms with Crippen LogP contribution in [0.15, 0.2) is 59.5 Å². The van der Waals surface area contributed by atoms with Crippen molar-refractivity contribution < 1.29 is 26.0 Å². The molecule has 6 N–H and O–H groups in total. The Morgan fingerprint density at radius 3 is 2.19 bits per heavy atom. The Labute approximate surface area is 206 Å². The van der Waals surface area contributed by atoms with Crippen LogP contribution in [0.5, 0.6) is 0 Å². The number of sulfonamides is 1. The fourth-order valence-electron chi connectivity index (χ4n) is 3.18. The van der Waals surface area contributed by atoms with Crippen molar-refractivity contribution >= 4 is 50.6 Å². The van der Waals surface area contributed by atoms with Crippen molar-refractivity contribution in [3.8, 4) is 11.1 Å². The first-order chi connectivity index (χ1) is 17.0. The van der Waals surface area contributed by atoms with Gasteiger partial charge in [0.2, 0.25) is 27.0 Å². The van der Waals surface area contributed by atoms with Crippen molar-refractivity contribution in [2.75, 3.05) is 16.4 Å². The lowest BCUT2D eigenvalue weighted by molar-refractivity contribution is 0.512. The zero-order valence-corrected chi connectivity index (χ0v) is 19.5. The minimum atomic E-state index is -3.88. The van der Waals surface area contributed by atoms with Crippen LogP contribution in [0.3, 0.4) is 0 Å². The third kappa shape index (κ3) is 4.98. The van der Waals surface area contributed by atoms with Gasteiger partial charge in [-0.05, 0) is 60.7 Å². The van der Waals surface area contributed by atoms with Crippen LogP contribution in [-0.4, -0.2) is 28.3 Å². The first-order valence-corrected chi connectivity index (χ1v) is 11.8. The minimum absolute atomic E-state index is 0.0832. The number of rotatable bonds is 5. The SMILES string of the molecule is Nc1nc(Nc2ccc(S(N)(=O)=O)cc2)nn1C(=S)Nc1c(-c2c(F)cccc2F)ccc(F)c1F. The highest BCUT2D eigenvalue weighted by molar-refractivity contribution is 7.89. The van der Waals surface area contributed by atoms with Crippen LogP contribution in [-0.2, 0) is 10.0 Å². The summed E-state index contributed by atoms with van der Waals surface area (Å²) in [6.45, 7) is 0. The summed E-state index contributed by atoms with van der Waals surface area (Å²) in [6, 6.07) is 10.1. The van der Waals surface area contributed by atoms with Crippen LogP contribution in [0.25, 0.3) is 11.1 Å². The van der Waals surface area contributed by atoms with Gasteiger partial charge in [-0.25, -0.2) is 31.1 Å². The van der Waals surface area contributed by atoms with E-state index in [0.717, 1.165) is 35.0 Å². The molecule has 36 heavy (non-hydrogen) atoms. The predicted molar refractivity (Wildman–Crippen MR) is 129 cm³/mol. The van der Waals surface area contributed by atoms with E-state index in [1.165, 1.54) is 24.3 Å². The number of halogens is 4. The van der Waals surface area contributed by atoms with E-state index in [1.54, 1.807) is 0 Å². The molecule has 1 aromatic heterocycles. The smallest absolute Gasteiger partial charge is 0.248 e. The number of nitrogens with two attached hydrogens (primary N) is 2. The summed E-state index contributed by atoms with van der Waals surface area (Å²) in [5.41, 5.74) is 4.62. The lowest BCUT2D eigenvalue weighted by atomic mass is 10.0. The van der Waals surface area contributed by atoms with Crippen molar-refractivity contribution in [1.29, 1.82) is 0 Å². The molecule has 0 aliphatic heterocycles. The molecule has 0 atom stereocenters. The van der Waals surface area contributed by atoms with Crippen molar-refractivity contribution in [3.63, 3.8) is 0 Å². The van der Waals surface area contributed by atoms with E-state index in [1.807, 2.05) is 0 Å². The van der Waals surface area contributed by atoms with Gasteiger partial charge in [-0.3, -0.25) is 0 Å². The fourth-order valence-corrected chi connectivity index (χ4v) is 3.93. The summed E-state index contributed by atoms with van der Waals surface area (Å²) < 4.78 is 81.0. The topological polar surface area (TPSA) is 141 Å². The second-order valence-corrected chi connectivity index (χ2v) is 9.16. The lowest BCUT2D eigenvalue weighted by Crippen LogP contribution is -2.23. The Morgan fingerprint density at radius 2 is 1.58 bits per heavy atom. The van der Waals surface area contributed by atoms with Gasteiger partial charge in [0, 0.05) is 11.3 Å². The molecular weight excluding hydrogens is 522 g/mol. The maximum absolute atomic E-state index is 14.7. The number of nitrogens with zero attached hydrogens (tertiary/aromatic N) is 3. The first kappa shape index (κ1) is 25.0. The number of benzene rings is 3. The molecule has 0 saturated heterocycles. The molecule has 0 aliphatic carbocycles. The third-order valence-corrected chi connectivity index (χ3v) is 6.03. The second-order valence-electron chi connectivity index (χ2n) is 7.21. The monoisotopic (exact) mass is 537 g/mol. The van der Waals surface area contributed by atoms with Gasteiger partial charge in [0.1, 0.15) is 11.6 Å². The summed E-state index contributed by atoms with van der Waals surface area (Å²) >= 11 is 5.19. The van der Waals surface area contributed by atoms with Crippen LogP contribution in [0, 0.1) is 23.3 Å². The molecule has 4 aromatic rings. The van der Waals surface area contributed by atoms with E-state index in [2.05, 4.69) is 20.7 Å². The standard InChI is InChI=1S/C21H15F4N7O2S2/c22-13-2-1-3-14(23)16(13)12-8-9-15(24)17(25)18(12)29-21(35)32-19(26)30-20(31-32)28-10-4-6-11(7-5-10)36(27,33)34/h1-9H,(H,29,35)(H2,27,33,34)(H3,26,28,30,31). The highest BCUT2D eigenvalue weighted by atomic mass is 32.2. The molecule has 9 nitrogen and oxygen atoms in total. The highest BCUT2D eigenvalue weighted by Gasteiger charge is 2.22. The molecular formula is C21H15F4N7O2S2. The Balaban J connectivity index is 1.64. The summed E-state index contributed by atoms with van der Waals surface area (Å²) in [7, 11) is -3.88. The number of hydrogen-bond donors (Lipinski definition) is 4. The normalized spacial score (nSPS) is 11.4. The van der Waals surface area contributed by atoms with Gasteiger partial charge in [0.25, 0.3) is 0 Å². The number of hydrogen-bond acceptors (Lipinski definition) is 7. The van der Waals surface area contributed by atoms with Crippen LogP contribution in [0.1, 0.15) is 0 Å². The number of nitrogen functional groups attached to an aromatic ring is 1. The molecule has 0 fully saturated rings. The summed E-state index contributed by atoms with van der Waals surface area (Å²) in [5.74, 6) is -5.10. The van der Waals surface area contributed by atoms with Crippen LogP contribution in [0.2, 0.25) is 0 Å². The largest absolute Gasteiger partial charge is 0.368 e. The molecule has 15 heteroatoms. The molecule has 0 spiro atoms. The average Bonchev–Trinajstić information content (AvgIpc) is 3.17. The van der Waals surface area contributed by atoms with Crippen molar-refractivity contribution in [2.24, 2.45) is 5.14 Å². The first-order valence-electron chi connectivity index (χ1n) is 9.82. The third-order valence-electron chi connectivity index (χ3n) is 4.82. The van der Waals surface area contributed by atoms with E-state index in [9.17, 15) is 26.0 Å². The molecule has 0 radical (unpaired) electrons. The Bertz CT molecular complexity index is 1570. The predicted octanol–water partition coefficient (Wildman–Crippen LogP) is 3.72. The quantitative estimate of drug-likeness (QED) is 0.223. The summed E-state index contributed by atoms with van der Waals surface area (Å²) in [5, 5.41) is 13.8. The highest BCUT2D eigenvalue weighted by Crippen LogP contribution is 2.35. The molecule has 186 valence electrons. The molecule has 0 unspecified atom stereocenters. The van der Waals surface area contributed by atoms with Crippen molar-refractivity contribution in [3.05, 3.63) is 77.9 Å². The molecule has 0 aliphatic rings. The van der Waals surface area contributed by atoms with Gasteiger partial charge in [0.15, 0.2) is 11.6 Å². The molecule has 3 aromatic carbocycles. The number of anilines is 4. The summed E-state index contributed by atoms with van der Waals surface area (Å²) in [4.78, 5) is 3.83. The average molecular weight is 538 g/mol. The van der Waals surface area contributed by atoms with Gasteiger partial charge < -0.3 is 16.4 Å². The van der Waals surface area contributed by atoms with Gasteiger partial charge in [0.05, 0.1) is 16.1 Å². The molecule has 4 rings (SSSR count). The van der Waals surface area contributed by atoms with Gasteiger partial charge in [-0.15, -0.1) is 5.10 Å². The van der Waals surface area contributed by atoms with Crippen molar-refractivity contribution in [2.45, 2.75) is 4.90 Å². The Morgan fingerprint density at radius 1 is 0.944 bits per heavy atom. The minimum Gasteiger partial charge on any atom is -0.368 e. The van der Waals surface area contributed by atoms with E-state index >= 15 is 0 Å². The maximum Gasteiger partial charge on any atom is 0.248 e. The van der Waals surface area contributed by atoms with Crippen LogP contribution >= 0.6 is 12.2 Å². The number of nitrogens with one attached hydrogen (secondary N) is 2. The molecule has 0 bridgehead atoms. The van der Waals surface area contributed by atoms with Gasteiger partial charge in [-0.2, -0.15) is 9.67 Å². The number of aromatic nitrogens is 3. The zero-order valence-electron chi connectivity index (χ0n) is 17.8. The second kappa shape index (κ2) is 9.52.